The largest absolute Gasteiger partial charge is 0.391 e. The van der Waals surface area contributed by atoms with Crippen molar-refractivity contribution in [3.8, 4) is 0 Å². The third kappa shape index (κ3) is 2.79. The predicted molar refractivity (Wildman–Crippen MR) is 54.5 cm³/mol. The van der Waals surface area contributed by atoms with Crippen LogP contribution < -0.4 is 5.73 Å². The minimum atomic E-state index is -0.570. The molecule has 0 fully saturated rings. The molecule has 0 aromatic heterocycles. The molecule has 0 aliphatic heterocycles. The highest BCUT2D eigenvalue weighted by molar-refractivity contribution is 5.27. The van der Waals surface area contributed by atoms with Gasteiger partial charge in [-0.2, -0.15) is 0 Å². The van der Waals surface area contributed by atoms with Crippen molar-refractivity contribution >= 4 is 0 Å². The first-order valence-electron chi connectivity index (χ1n) is 4.69. The van der Waals surface area contributed by atoms with E-state index in [-0.39, 0.29) is 11.9 Å². The molecule has 78 valence electrons. The van der Waals surface area contributed by atoms with Gasteiger partial charge in [0.15, 0.2) is 0 Å². The second kappa shape index (κ2) is 4.53. The smallest absolute Gasteiger partial charge is 0.123 e. The van der Waals surface area contributed by atoms with Gasteiger partial charge in [-0.05, 0) is 37.1 Å². The van der Waals surface area contributed by atoms with Crippen LogP contribution in [-0.4, -0.2) is 17.3 Å². The van der Waals surface area contributed by atoms with Gasteiger partial charge in [0.25, 0.3) is 0 Å². The molecule has 0 aliphatic rings. The van der Waals surface area contributed by atoms with Crippen LogP contribution in [0.3, 0.4) is 0 Å². The summed E-state index contributed by atoms with van der Waals surface area (Å²) >= 11 is 0. The first-order chi connectivity index (χ1) is 6.50. The highest BCUT2D eigenvalue weighted by atomic mass is 19.1. The van der Waals surface area contributed by atoms with Crippen LogP contribution >= 0.6 is 0 Å². The van der Waals surface area contributed by atoms with E-state index in [4.69, 9.17) is 5.73 Å². The number of hydrogen-bond acceptors (Lipinski definition) is 2. The van der Waals surface area contributed by atoms with E-state index >= 15 is 0 Å². The lowest BCUT2D eigenvalue weighted by molar-refractivity contribution is 0.151. The van der Waals surface area contributed by atoms with Crippen LogP contribution in [0.15, 0.2) is 18.2 Å². The van der Waals surface area contributed by atoms with Crippen LogP contribution in [0.4, 0.5) is 4.39 Å². The minimum absolute atomic E-state index is 0.249. The molecule has 0 radical (unpaired) electrons. The Morgan fingerprint density at radius 1 is 1.50 bits per heavy atom. The summed E-state index contributed by atoms with van der Waals surface area (Å²) in [5, 5.41) is 9.55. The Balaban J connectivity index is 2.77. The summed E-state index contributed by atoms with van der Waals surface area (Å²) in [6.07, 6.45) is -0.0942. The Kier molecular flexibility index (Phi) is 3.61. The number of nitrogens with two attached hydrogens (primary N) is 1. The molecular weight excluding hydrogens is 181 g/mol. The zero-order chi connectivity index (χ0) is 10.7. The van der Waals surface area contributed by atoms with Crippen molar-refractivity contribution in [2.75, 3.05) is 0 Å². The van der Waals surface area contributed by atoms with Crippen molar-refractivity contribution in [1.82, 2.24) is 0 Å². The number of aryl methyl sites for hydroxylation is 1. The molecule has 1 rings (SSSR count). The Labute approximate surface area is 83.6 Å². The van der Waals surface area contributed by atoms with Crippen LogP contribution in [0.2, 0.25) is 0 Å². The molecule has 1 aromatic rings. The Morgan fingerprint density at radius 2 is 2.14 bits per heavy atom. The van der Waals surface area contributed by atoms with Crippen molar-refractivity contribution in [1.29, 1.82) is 0 Å². The lowest BCUT2D eigenvalue weighted by Crippen LogP contribution is -2.33. The van der Waals surface area contributed by atoms with Gasteiger partial charge in [0.05, 0.1) is 6.10 Å². The summed E-state index contributed by atoms with van der Waals surface area (Å²) in [4.78, 5) is 0. The Morgan fingerprint density at radius 3 is 2.64 bits per heavy atom. The maximum atomic E-state index is 12.8. The fourth-order valence-electron chi connectivity index (χ4n) is 1.30. The third-order valence-corrected chi connectivity index (χ3v) is 2.34. The lowest BCUT2D eigenvalue weighted by atomic mass is 9.99. The van der Waals surface area contributed by atoms with Gasteiger partial charge in [-0.3, -0.25) is 0 Å². The summed E-state index contributed by atoms with van der Waals surface area (Å²) in [7, 11) is 0. The number of benzene rings is 1. The van der Waals surface area contributed by atoms with Crippen molar-refractivity contribution in [2.24, 2.45) is 5.73 Å². The van der Waals surface area contributed by atoms with Gasteiger partial charge in [-0.15, -0.1) is 0 Å². The second-order valence-electron chi connectivity index (χ2n) is 3.70. The fraction of sp³-hybridized carbons (Fsp3) is 0.455. The summed E-state index contributed by atoms with van der Waals surface area (Å²) in [6.45, 7) is 3.58. The molecule has 0 heterocycles. The quantitative estimate of drug-likeness (QED) is 0.769. The molecule has 2 unspecified atom stereocenters. The Bertz CT molecular complexity index is 312. The van der Waals surface area contributed by atoms with Crippen LogP contribution in [0.5, 0.6) is 0 Å². The average Bonchev–Trinajstić information content (AvgIpc) is 2.09. The molecule has 3 N–H and O–H groups in total. The summed E-state index contributed by atoms with van der Waals surface area (Å²) in [5.41, 5.74) is 7.33. The summed E-state index contributed by atoms with van der Waals surface area (Å²) in [5.74, 6) is -0.249. The van der Waals surface area contributed by atoms with Gasteiger partial charge in [-0.25, -0.2) is 4.39 Å². The van der Waals surface area contributed by atoms with Crippen LogP contribution in [0, 0.1) is 12.7 Å². The maximum absolute atomic E-state index is 12.8. The van der Waals surface area contributed by atoms with E-state index in [1.807, 2.05) is 6.92 Å². The van der Waals surface area contributed by atoms with Gasteiger partial charge in [0, 0.05) is 12.5 Å². The summed E-state index contributed by atoms with van der Waals surface area (Å²) in [6, 6.07) is 4.29. The monoisotopic (exact) mass is 197 g/mol. The van der Waals surface area contributed by atoms with E-state index in [2.05, 4.69) is 0 Å². The standard InChI is InChI=1S/C11H16FNO/c1-7-5-10(12)4-3-9(7)6-11(14)8(2)13/h3-5,8,11,14H,6,13H2,1-2H3. The molecule has 1 aromatic carbocycles. The van der Waals surface area contributed by atoms with E-state index in [1.165, 1.54) is 12.1 Å². The molecule has 3 heteroatoms. The average molecular weight is 197 g/mol. The molecular formula is C11H16FNO. The number of aliphatic hydroxyl groups excluding tert-OH is 1. The zero-order valence-corrected chi connectivity index (χ0v) is 8.50. The van der Waals surface area contributed by atoms with Gasteiger partial charge in [0.1, 0.15) is 5.82 Å². The van der Waals surface area contributed by atoms with Crippen LogP contribution in [-0.2, 0) is 6.42 Å². The highest BCUT2D eigenvalue weighted by Gasteiger charge is 2.11. The number of halogens is 1. The predicted octanol–water partition coefficient (Wildman–Crippen LogP) is 1.38. The second-order valence-corrected chi connectivity index (χ2v) is 3.70. The number of aliphatic hydroxyl groups is 1. The van der Waals surface area contributed by atoms with Gasteiger partial charge >= 0.3 is 0 Å². The minimum Gasteiger partial charge on any atom is -0.391 e. The maximum Gasteiger partial charge on any atom is 0.123 e. The molecule has 2 nitrogen and oxygen atoms in total. The molecule has 14 heavy (non-hydrogen) atoms. The first kappa shape index (κ1) is 11.1. The van der Waals surface area contributed by atoms with E-state index in [1.54, 1.807) is 13.0 Å². The van der Waals surface area contributed by atoms with E-state index in [0.717, 1.165) is 11.1 Å². The molecule has 0 saturated carbocycles. The van der Waals surface area contributed by atoms with Crippen LogP contribution in [0.25, 0.3) is 0 Å². The molecule has 0 aliphatic carbocycles. The van der Waals surface area contributed by atoms with Crippen molar-refractivity contribution in [2.45, 2.75) is 32.4 Å². The highest BCUT2D eigenvalue weighted by Crippen LogP contribution is 2.13. The van der Waals surface area contributed by atoms with Gasteiger partial charge < -0.3 is 10.8 Å². The normalized spacial score (nSPS) is 15.2. The van der Waals surface area contributed by atoms with Crippen molar-refractivity contribution in [3.63, 3.8) is 0 Å². The molecule has 0 amide bonds. The number of hydrogen-bond donors (Lipinski definition) is 2. The topological polar surface area (TPSA) is 46.2 Å². The fourth-order valence-corrected chi connectivity index (χ4v) is 1.30. The van der Waals surface area contributed by atoms with E-state index < -0.39 is 6.10 Å². The van der Waals surface area contributed by atoms with Gasteiger partial charge in [0.2, 0.25) is 0 Å². The Hall–Kier alpha value is -0.930. The zero-order valence-electron chi connectivity index (χ0n) is 8.50. The van der Waals surface area contributed by atoms with Crippen molar-refractivity contribution in [3.05, 3.63) is 35.1 Å². The molecule has 0 spiro atoms. The van der Waals surface area contributed by atoms with Crippen molar-refractivity contribution < 1.29 is 9.50 Å². The summed E-state index contributed by atoms with van der Waals surface area (Å²) < 4.78 is 12.8. The van der Waals surface area contributed by atoms with E-state index in [0.29, 0.717) is 6.42 Å². The number of rotatable bonds is 3. The molecule has 0 bridgehead atoms. The third-order valence-electron chi connectivity index (χ3n) is 2.34. The molecule has 2 atom stereocenters. The van der Waals surface area contributed by atoms with Crippen LogP contribution in [0.1, 0.15) is 18.1 Å². The first-order valence-corrected chi connectivity index (χ1v) is 4.69. The SMILES string of the molecule is Cc1cc(F)ccc1CC(O)C(C)N. The van der Waals surface area contributed by atoms with E-state index in [9.17, 15) is 9.50 Å². The molecule has 0 saturated heterocycles. The van der Waals surface area contributed by atoms with Gasteiger partial charge in [-0.1, -0.05) is 6.07 Å². The lowest BCUT2D eigenvalue weighted by Gasteiger charge is -2.15.